The molecule has 4 heteroatoms. The maximum atomic E-state index is 11.2. The topological polar surface area (TPSA) is 46.2 Å². The summed E-state index contributed by atoms with van der Waals surface area (Å²) < 4.78 is 0. The largest absolute Gasteiger partial charge is 0.356 e. The molecule has 0 saturated heterocycles. The molecule has 0 aromatic carbocycles. The van der Waals surface area contributed by atoms with Crippen molar-refractivity contribution >= 4 is 22.8 Å². The standard InChI is InChI=1S/C10H19NO2S/c1-8(2)6-7-11-9(12)4-5-10(13)14-3/h8H,4-7H2,1-3H3,(H,11,12). The van der Waals surface area contributed by atoms with Gasteiger partial charge in [-0.2, -0.15) is 0 Å². The molecule has 1 amide bonds. The van der Waals surface area contributed by atoms with Gasteiger partial charge in [0.25, 0.3) is 0 Å². The van der Waals surface area contributed by atoms with Gasteiger partial charge in [-0.3, -0.25) is 9.59 Å². The highest BCUT2D eigenvalue weighted by Gasteiger charge is 2.05. The van der Waals surface area contributed by atoms with Crippen LogP contribution >= 0.6 is 11.8 Å². The van der Waals surface area contributed by atoms with Gasteiger partial charge in [0.1, 0.15) is 0 Å². The number of carbonyl (C=O) groups is 2. The Morgan fingerprint density at radius 2 is 1.93 bits per heavy atom. The Kier molecular flexibility index (Phi) is 7.57. The van der Waals surface area contributed by atoms with E-state index in [-0.39, 0.29) is 11.0 Å². The molecule has 0 unspecified atom stereocenters. The summed E-state index contributed by atoms with van der Waals surface area (Å²) in [6, 6.07) is 0. The number of thioether (sulfide) groups is 1. The average Bonchev–Trinajstić information content (AvgIpc) is 2.13. The van der Waals surface area contributed by atoms with Crippen LogP contribution < -0.4 is 5.32 Å². The molecule has 0 rings (SSSR count). The third-order valence-corrected chi connectivity index (χ3v) is 2.49. The molecule has 0 heterocycles. The average molecular weight is 217 g/mol. The first kappa shape index (κ1) is 13.5. The molecular formula is C10H19NO2S. The van der Waals surface area contributed by atoms with Gasteiger partial charge in [0.05, 0.1) is 0 Å². The minimum atomic E-state index is -0.0203. The predicted molar refractivity (Wildman–Crippen MR) is 60.2 cm³/mol. The van der Waals surface area contributed by atoms with Crippen LogP contribution in [0.1, 0.15) is 33.1 Å². The summed E-state index contributed by atoms with van der Waals surface area (Å²) in [4.78, 5) is 22.1. The second kappa shape index (κ2) is 7.85. The van der Waals surface area contributed by atoms with E-state index in [0.29, 0.717) is 25.3 Å². The molecule has 82 valence electrons. The minimum Gasteiger partial charge on any atom is -0.356 e. The molecule has 0 atom stereocenters. The van der Waals surface area contributed by atoms with E-state index in [2.05, 4.69) is 19.2 Å². The summed E-state index contributed by atoms with van der Waals surface area (Å²) in [7, 11) is 0. The maximum absolute atomic E-state index is 11.2. The fourth-order valence-electron chi connectivity index (χ4n) is 0.906. The molecule has 0 aliphatic heterocycles. The Morgan fingerprint density at radius 3 is 2.43 bits per heavy atom. The van der Waals surface area contributed by atoms with E-state index in [1.807, 2.05) is 0 Å². The van der Waals surface area contributed by atoms with Crippen LogP contribution in [0, 0.1) is 5.92 Å². The zero-order chi connectivity index (χ0) is 11.0. The molecule has 0 saturated carbocycles. The van der Waals surface area contributed by atoms with Crippen molar-refractivity contribution in [2.75, 3.05) is 12.8 Å². The molecule has 0 aromatic rings. The van der Waals surface area contributed by atoms with Crippen LogP contribution in [0.2, 0.25) is 0 Å². The number of nitrogens with one attached hydrogen (secondary N) is 1. The van der Waals surface area contributed by atoms with E-state index in [0.717, 1.165) is 6.42 Å². The zero-order valence-corrected chi connectivity index (χ0v) is 9.95. The molecule has 14 heavy (non-hydrogen) atoms. The van der Waals surface area contributed by atoms with Crippen molar-refractivity contribution in [3.63, 3.8) is 0 Å². The van der Waals surface area contributed by atoms with Crippen molar-refractivity contribution in [1.82, 2.24) is 5.32 Å². The summed E-state index contributed by atoms with van der Waals surface area (Å²) in [6.07, 6.45) is 3.38. The quantitative estimate of drug-likeness (QED) is 0.738. The van der Waals surface area contributed by atoms with Gasteiger partial charge in [0, 0.05) is 19.4 Å². The van der Waals surface area contributed by atoms with E-state index in [4.69, 9.17) is 0 Å². The van der Waals surface area contributed by atoms with Crippen LogP contribution in [-0.2, 0) is 9.59 Å². The molecule has 0 aliphatic rings. The number of hydrogen-bond donors (Lipinski definition) is 1. The van der Waals surface area contributed by atoms with Crippen LogP contribution in [0.5, 0.6) is 0 Å². The van der Waals surface area contributed by atoms with Crippen molar-refractivity contribution in [3.8, 4) is 0 Å². The SMILES string of the molecule is CSC(=O)CCC(=O)NCCC(C)C. The molecule has 3 nitrogen and oxygen atoms in total. The van der Waals surface area contributed by atoms with Crippen LogP contribution in [0.4, 0.5) is 0 Å². The summed E-state index contributed by atoms with van der Waals surface area (Å²) in [5.41, 5.74) is 0. The maximum Gasteiger partial charge on any atom is 0.220 e. The summed E-state index contributed by atoms with van der Waals surface area (Å²) in [6.45, 7) is 4.94. The second-order valence-electron chi connectivity index (χ2n) is 3.61. The Bertz CT molecular complexity index is 193. The van der Waals surface area contributed by atoms with Gasteiger partial charge in [-0.15, -0.1) is 0 Å². The van der Waals surface area contributed by atoms with Gasteiger partial charge in [-0.1, -0.05) is 25.6 Å². The smallest absolute Gasteiger partial charge is 0.220 e. The third kappa shape index (κ3) is 8.10. The van der Waals surface area contributed by atoms with Gasteiger partial charge in [0.15, 0.2) is 5.12 Å². The number of amides is 1. The highest BCUT2D eigenvalue weighted by atomic mass is 32.2. The number of carbonyl (C=O) groups excluding carboxylic acids is 2. The van der Waals surface area contributed by atoms with Crippen molar-refractivity contribution in [2.45, 2.75) is 33.1 Å². The van der Waals surface area contributed by atoms with Crippen molar-refractivity contribution in [3.05, 3.63) is 0 Å². The first-order valence-corrected chi connectivity index (χ1v) is 6.12. The molecule has 0 fully saturated rings. The Morgan fingerprint density at radius 1 is 1.29 bits per heavy atom. The first-order chi connectivity index (χ1) is 6.56. The molecule has 0 radical (unpaired) electrons. The summed E-state index contributed by atoms with van der Waals surface area (Å²) in [5.74, 6) is 0.580. The van der Waals surface area contributed by atoms with Gasteiger partial charge in [-0.25, -0.2) is 0 Å². The van der Waals surface area contributed by atoms with E-state index < -0.39 is 0 Å². The number of rotatable bonds is 6. The zero-order valence-electron chi connectivity index (χ0n) is 9.13. The van der Waals surface area contributed by atoms with Crippen molar-refractivity contribution < 1.29 is 9.59 Å². The Balaban J connectivity index is 3.42. The summed E-state index contributed by atoms with van der Waals surface area (Å²) >= 11 is 1.18. The Hall–Kier alpha value is -0.510. The fraction of sp³-hybridized carbons (Fsp3) is 0.800. The fourth-order valence-corrected chi connectivity index (χ4v) is 1.21. The van der Waals surface area contributed by atoms with Crippen LogP contribution in [0.25, 0.3) is 0 Å². The lowest BCUT2D eigenvalue weighted by atomic mass is 10.1. The molecule has 0 bridgehead atoms. The summed E-state index contributed by atoms with van der Waals surface area (Å²) in [5, 5.41) is 2.87. The van der Waals surface area contributed by atoms with Gasteiger partial charge in [0.2, 0.25) is 5.91 Å². The van der Waals surface area contributed by atoms with Crippen molar-refractivity contribution in [2.24, 2.45) is 5.92 Å². The van der Waals surface area contributed by atoms with E-state index >= 15 is 0 Å². The molecule has 0 spiro atoms. The van der Waals surface area contributed by atoms with E-state index in [9.17, 15) is 9.59 Å². The first-order valence-electron chi connectivity index (χ1n) is 4.89. The molecular weight excluding hydrogens is 198 g/mol. The minimum absolute atomic E-state index is 0.0203. The van der Waals surface area contributed by atoms with Crippen LogP contribution in [0.3, 0.4) is 0 Å². The predicted octanol–water partition coefficient (Wildman–Crippen LogP) is 1.82. The monoisotopic (exact) mass is 217 g/mol. The lowest BCUT2D eigenvalue weighted by Gasteiger charge is -2.06. The molecule has 1 N–H and O–H groups in total. The lowest BCUT2D eigenvalue weighted by Crippen LogP contribution is -2.25. The normalized spacial score (nSPS) is 10.3. The Labute approximate surface area is 90.0 Å². The highest BCUT2D eigenvalue weighted by molar-refractivity contribution is 8.13. The second-order valence-corrected chi connectivity index (χ2v) is 4.47. The number of hydrogen-bond acceptors (Lipinski definition) is 3. The van der Waals surface area contributed by atoms with Gasteiger partial charge >= 0.3 is 0 Å². The highest BCUT2D eigenvalue weighted by Crippen LogP contribution is 2.02. The van der Waals surface area contributed by atoms with Gasteiger partial charge in [-0.05, 0) is 18.6 Å². The lowest BCUT2D eigenvalue weighted by molar-refractivity contribution is -0.123. The molecule has 0 aromatic heterocycles. The van der Waals surface area contributed by atoms with Crippen molar-refractivity contribution in [1.29, 1.82) is 0 Å². The van der Waals surface area contributed by atoms with E-state index in [1.165, 1.54) is 11.8 Å². The van der Waals surface area contributed by atoms with Gasteiger partial charge < -0.3 is 5.32 Å². The van der Waals surface area contributed by atoms with Crippen LogP contribution in [0.15, 0.2) is 0 Å². The molecule has 0 aliphatic carbocycles. The van der Waals surface area contributed by atoms with E-state index in [1.54, 1.807) is 6.26 Å². The van der Waals surface area contributed by atoms with Crippen LogP contribution in [-0.4, -0.2) is 23.8 Å². The third-order valence-electron chi connectivity index (χ3n) is 1.83.